The summed E-state index contributed by atoms with van der Waals surface area (Å²) in [5.41, 5.74) is -8.41. The quantitative estimate of drug-likeness (QED) is 0.215. The first kappa shape index (κ1) is 24.8. The van der Waals surface area contributed by atoms with Crippen LogP contribution in [0.25, 0.3) is 0 Å². The summed E-state index contributed by atoms with van der Waals surface area (Å²) in [6, 6.07) is 0. The molecule has 2 unspecified atom stereocenters. The maximum Gasteiger partial charge on any atom is 0.436 e. The van der Waals surface area contributed by atoms with Gasteiger partial charge in [0.25, 0.3) is 0 Å². The summed E-state index contributed by atoms with van der Waals surface area (Å²) in [4.78, 5) is 41.0. The van der Waals surface area contributed by atoms with Crippen LogP contribution in [0.1, 0.15) is 47.8 Å². The molecule has 1 aromatic rings. The molecule has 0 radical (unpaired) electrons. The molecule has 1 aliphatic heterocycles. The van der Waals surface area contributed by atoms with Crippen LogP contribution >= 0.6 is 22.6 Å². The van der Waals surface area contributed by atoms with Crippen molar-refractivity contribution < 1.29 is 34.6 Å². The van der Waals surface area contributed by atoms with E-state index < -0.39 is 60.9 Å². The van der Waals surface area contributed by atoms with Gasteiger partial charge in [-0.1, -0.05) is 46.5 Å². The van der Waals surface area contributed by atoms with Crippen molar-refractivity contribution in [2.45, 2.75) is 69.2 Å². The Labute approximate surface area is 186 Å². The lowest BCUT2D eigenvalue weighted by Crippen LogP contribution is -2.71. The summed E-state index contributed by atoms with van der Waals surface area (Å²) < 4.78 is 4.87. The van der Waals surface area contributed by atoms with E-state index in [0.717, 1.165) is 17.0 Å². The molecule has 30 heavy (non-hydrogen) atoms. The van der Waals surface area contributed by atoms with Gasteiger partial charge in [0, 0.05) is 10.8 Å². The highest BCUT2D eigenvalue weighted by atomic mass is 127. The minimum atomic E-state index is -2.96. The highest BCUT2D eigenvalue weighted by Gasteiger charge is 2.77. The second kappa shape index (κ2) is 7.58. The van der Waals surface area contributed by atoms with Crippen LogP contribution in [0.4, 0.5) is 5.95 Å². The monoisotopic (exact) mass is 539 g/mol. The number of nitrogens with zero attached hydrogens (tertiary/aromatic N) is 3. The molecule has 0 amide bonds. The number of alkyl halides is 1. The Morgan fingerprint density at radius 3 is 2.07 bits per heavy atom. The summed E-state index contributed by atoms with van der Waals surface area (Å²) >= 11 is 1.48. The van der Waals surface area contributed by atoms with Gasteiger partial charge in [0.1, 0.15) is 22.6 Å². The number of carbonyl (C=O) groups is 2. The van der Waals surface area contributed by atoms with Gasteiger partial charge in [-0.2, -0.15) is 4.57 Å². The van der Waals surface area contributed by atoms with Gasteiger partial charge in [-0.15, -0.1) is 0 Å². The topological polar surface area (TPSA) is 165 Å². The lowest BCUT2D eigenvalue weighted by molar-refractivity contribution is -0.399. The van der Waals surface area contributed by atoms with Gasteiger partial charge in [0.05, 0.1) is 0 Å². The Bertz CT molecular complexity index is 872. The zero-order valence-corrected chi connectivity index (χ0v) is 19.6. The van der Waals surface area contributed by atoms with Gasteiger partial charge in [-0.3, -0.25) is 9.59 Å². The normalized spacial score (nSPS) is 30.9. The smallest absolute Gasteiger partial charge is 0.390 e. The fourth-order valence-electron chi connectivity index (χ4n) is 3.63. The molecule has 12 heteroatoms. The number of aromatic nitrogens is 2. The number of hydrogen-bond donors (Lipinski definition) is 3. The molecule has 0 aliphatic carbocycles. The first-order valence-corrected chi connectivity index (χ1v) is 10.4. The highest BCUT2D eigenvalue weighted by Crippen LogP contribution is 2.53. The summed E-state index contributed by atoms with van der Waals surface area (Å²) in [5, 5.41) is 45.1. The second-order valence-electron chi connectivity index (χ2n) is 9.36. The number of imidazole rings is 1. The third-order valence-corrected chi connectivity index (χ3v) is 5.65. The van der Waals surface area contributed by atoms with E-state index in [4.69, 9.17) is 4.74 Å². The molecule has 0 saturated carbocycles. The Morgan fingerprint density at radius 2 is 1.67 bits per heavy atom. The fraction of sp³-hybridized carbons (Fsp3) is 0.722. The van der Waals surface area contributed by atoms with Crippen LogP contribution in [0.5, 0.6) is 0 Å². The third kappa shape index (κ3) is 3.57. The summed E-state index contributed by atoms with van der Waals surface area (Å²) in [6.07, 6.45) is -1.50. The van der Waals surface area contributed by atoms with Crippen LogP contribution in [0.15, 0.2) is 12.4 Å². The Balaban J connectivity index is 2.90. The number of aliphatic hydroxyl groups excluding tert-OH is 1. The molecule has 0 aromatic carbocycles. The van der Waals surface area contributed by atoms with E-state index >= 15 is 0 Å². The van der Waals surface area contributed by atoms with E-state index in [9.17, 15) is 35.0 Å². The molecule has 3 N–H and O–H groups in total. The number of rotatable bonds is 5. The third-order valence-electron chi connectivity index (χ3n) is 4.99. The predicted octanol–water partition coefficient (Wildman–Crippen LogP) is 1.13. The summed E-state index contributed by atoms with van der Waals surface area (Å²) in [7, 11) is 0. The Hall–Kier alpha value is -1.48. The molecular formula is C18H26IN3O8. The van der Waals surface area contributed by atoms with Gasteiger partial charge < -0.3 is 30.2 Å². The number of hydrogen-bond acceptors (Lipinski definition) is 9. The minimum absolute atomic E-state index is 0.767. The first-order valence-electron chi connectivity index (χ1n) is 9.11. The Morgan fingerprint density at radius 1 is 1.20 bits per heavy atom. The number of ether oxygens (including phenoxy) is 1. The van der Waals surface area contributed by atoms with E-state index in [1.54, 1.807) is 0 Å². The van der Waals surface area contributed by atoms with Crippen LogP contribution in [0.3, 0.4) is 0 Å². The number of carbonyl (C=O) groups excluding carboxylic acids is 2. The first-order chi connectivity index (χ1) is 13.4. The van der Waals surface area contributed by atoms with E-state index in [-0.39, 0.29) is 0 Å². The SMILES string of the molecule is CC(C)(C)C(=O)[C@@]1(O)C(n2ccnc2[N+](=O)[O-])O[C@H](C(O)I)[C@]1(O)C(=O)C(C)(C)C. The molecule has 1 saturated heterocycles. The maximum absolute atomic E-state index is 13.5. The Kier molecular flexibility index (Phi) is 6.27. The van der Waals surface area contributed by atoms with Gasteiger partial charge in [-0.25, -0.2) is 0 Å². The van der Waals surface area contributed by atoms with Crippen molar-refractivity contribution >= 4 is 40.1 Å². The standard InChI is InChI=1S/C18H26IN3O8/c1-15(2,3)11(24)17(26)9(10(19)23)30-13(18(17,27)12(25)16(4,5)6)21-8-7-20-14(21)22(28)29/h7-10,13,23,26-27H,1-6H3/t9-,10?,13?,17+,18-/m1/s1. The largest absolute Gasteiger partial charge is 0.436 e. The molecule has 1 aromatic heterocycles. The molecule has 2 rings (SSSR count). The fourth-order valence-corrected chi connectivity index (χ4v) is 4.32. The van der Waals surface area contributed by atoms with Gasteiger partial charge in [-0.05, 0) is 27.5 Å². The molecule has 0 bridgehead atoms. The van der Waals surface area contributed by atoms with Crippen LogP contribution < -0.4 is 0 Å². The molecule has 168 valence electrons. The number of nitro groups is 1. The lowest BCUT2D eigenvalue weighted by atomic mass is 9.64. The van der Waals surface area contributed by atoms with Crippen LogP contribution in [-0.2, 0) is 14.3 Å². The van der Waals surface area contributed by atoms with Crippen molar-refractivity contribution in [3.05, 3.63) is 22.5 Å². The van der Waals surface area contributed by atoms with Gasteiger partial charge in [0.2, 0.25) is 11.8 Å². The van der Waals surface area contributed by atoms with Crippen molar-refractivity contribution in [2.24, 2.45) is 10.8 Å². The number of Topliss-reactive ketones (excluding diaryl/α,β-unsaturated/α-hetero) is 2. The van der Waals surface area contributed by atoms with Crippen molar-refractivity contribution in [1.29, 1.82) is 0 Å². The summed E-state index contributed by atoms with van der Waals surface area (Å²) in [5.74, 6) is -2.71. The lowest BCUT2D eigenvalue weighted by Gasteiger charge is -2.43. The predicted molar refractivity (Wildman–Crippen MR) is 112 cm³/mol. The van der Waals surface area contributed by atoms with Crippen molar-refractivity contribution in [1.82, 2.24) is 9.55 Å². The van der Waals surface area contributed by atoms with Crippen LogP contribution in [-0.4, -0.2) is 62.8 Å². The number of ketones is 2. The zero-order valence-electron chi connectivity index (χ0n) is 17.5. The zero-order chi connectivity index (χ0) is 23.4. The second-order valence-corrected chi connectivity index (χ2v) is 10.6. The maximum atomic E-state index is 13.5. The van der Waals surface area contributed by atoms with Crippen molar-refractivity contribution in [2.75, 3.05) is 0 Å². The highest BCUT2D eigenvalue weighted by molar-refractivity contribution is 14.1. The average Bonchev–Trinajstić information content (AvgIpc) is 3.15. The van der Waals surface area contributed by atoms with Crippen molar-refractivity contribution in [3.8, 4) is 0 Å². The van der Waals surface area contributed by atoms with Crippen LogP contribution in [0, 0.1) is 20.9 Å². The number of halogens is 1. The molecule has 1 aliphatic rings. The molecule has 11 nitrogen and oxygen atoms in total. The van der Waals surface area contributed by atoms with Crippen LogP contribution in [0.2, 0.25) is 0 Å². The van der Waals surface area contributed by atoms with Gasteiger partial charge in [0.15, 0.2) is 17.2 Å². The van der Waals surface area contributed by atoms with E-state index in [0.29, 0.717) is 0 Å². The van der Waals surface area contributed by atoms with Crippen molar-refractivity contribution in [3.63, 3.8) is 0 Å². The summed E-state index contributed by atoms with van der Waals surface area (Å²) in [6.45, 7) is 8.80. The molecule has 2 heterocycles. The van der Waals surface area contributed by atoms with E-state index in [1.165, 1.54) is 64.1 Å². The number of aliphatic hydroxyl groups is 3. The van der Waals surface area contributed by atoms with E-state index in [1.807, 2.05) is 0 Å². The van der Waals surface area contributed by atoms with E-state index in [2.05, 4.69) is 4.98 Å². The minimum Gasteiger partial charge on any atom is -0.390 e. The average molecular weight is 539 g/mol. The molecule has 5 atom stereocenters. The molecule has 0 spiro atoms. The molecule has 1 fully saturated rings. The molecular weight excluding hydrogens is 513 g/mol. The van der Waals surface area contributed by atoms with Gasteiger partial charge >= 0.3 is 5.95 Å².